The monoisotopic (exact) mass is 405 g/mol. The highest BCUT2D eigenvalue weighted by molar-refractivity contribution is 7.93. The van der Waals surface area contributed by atoms with Crippen LogP contribution >= 0.6 is 11.3 Å². The molecule has 27 heavy (non-hydrogen) atoms. The van der Waals surface area contributed by atoms with E-state index in [0.29, 0.717) is 22.7 Å². The molecule has 2 N–H and O–H groups in total. The minimum Gasteiger partial charge on any atom is -0.482 e. The first-order valence-electron chi connectivity index (χ1n) is 7.72. The van der Waals surface area contributed by atoms with Crippen LogP contribution < -0.4 is 14.8 Å². The van der Waals surface area contributed by atoms with E-state index < -0.39 is 15.8 Å². The van der Waals surface area contributed by atoms with Crippen molar-refractivity contribution >= 4 is 38.1 Å². The number of ether oxygens (including phenoxy) is 1. The molecule has 0 fully saturated rings. The van der Waals surface area contributed by atoms with Crippen LogP contribution in [0, 0.1) is 5.82 Å². The number of nitrogens with zero attached hydrogens (tertiary/aromatic N) is 1. The fourth-order valence-electron chi connectivity index (χ4n) is 2.48. The lowest BCUT2D eigenvalue weighted by molar-refractivity contribution is -0.118. The summed E-state index contributed by atoms with van der Waals surface area (Å²) in [5.41, 5.74) is 1.77. The van der Waals surface area contributed by atoms with Crippen molar-refractivity contribution in [3.05, 3.63) is 53.7 Å². The van der Waals surface area contributed by atoms with Gasteiger partial charge < -0.3 is 10.1 Å². The van der Waals surface area contributed by atoms with Crippen molar-refractivity contribution in [2.75, 3.05) is 16.6 Å². The Labute approximate surface area is 157 Å². The Hall–Kier alpha value is -2.98. The number of sulfonamides is 1. The highest BCUT2D eigenvalue weighted by Gasteiger charge is 2.19. The molecule has 138 valence electrons. The lowest BCUT2D eigenvalue weighted by atomic mass is 10.1. The van der Waals surface area contributed by atoms with Gasteiger partial charge in [-0.1, -0.05) is 0 Å². The van der Waals surface area contributed by atoms with Crippen LogP contribution in [0.2, 0.25) is 0 Å². The van der Waals surface area contributed by atoms with Crippen molar-refractivity contribution in [2.24, 2.45) is 0 Å². The quantitative estimate of drug-likeness (QED) is 0.695. The predicted octanol–water partition coefficient (Wildman–Crippen LogP) is 3.08. The maximum atomic E-state index is 13.0. The largest absolute Gasteiger partial charge is 0.482 e. The Morgan fingerprint density at radius 2 is 1.96 bits per heavy atom. The first-order chi connectivity index (χ1) is 12.9. The summed E-state index contributed by atoms with van der Waals surface area (Å²) in [6.07, 6.45) is 0. The summed E-state index contributed by atoms with van der Waals surface area (Å²) in [6.45, 7) is -0.0294. The van der Waals surface area contributed by atoms with E-state index in [4.69, 9.17) is 4.74 Å². The highest BCUT2D eigenvalue weighted by atomic mass is 32.2. The van der Waals surface area contributed by atoms with Crippen molar-refractivity contribution in [3.63, 3.8) is 0 Å². The number of amides is 1. The molecule has 2 heterocycles. The van der Waals surface area contributed by atoms with Crippen LogP contribution in [0.1, 0.15) is 0 Å². The Balaban J connectivity index is 1.58. The third kappa shape index (κ3) is 3.62. The summed E-state index contributed by atoms with van der Waals surface area (Å²) >= 11 is 1.11. The molecule has 0 spiro atoms. The molecular weight excluding hydrogens is 393 g/mol. The summed E-state index contributed by atoms with van der Waals surface area (Å²) in [6, 6.07) is 9.70. The molecule has 1 aliphatic heterocycles. The van der Waals surface area contributed by atoms with Gasteiger partial charge in [-0.25, -0.2) is 17.8 Å². The summed E-state index contributed by atoms with van der Waals surface area (Å²) in [5, 5.41) is 4.57. The molecule has 0 saturated heterocycles. The lowest BCUT2D eigenvalue weighted by Crippen LogP contribution is -2.25. The predicted molar refractivity (Wildman–Crippen MR) is 98.9 cm³/mol. The number of carbonyl (C=O) groups excluding carboxylic acids is 1. The van der Waals surface area contributed by atoms with Gasteiger partial charge in [-0.05, 0) is 42.5 Å². The van der Waals surface area contributed by atoms with Gasteiger partial charge in [-0.15, -0.1) is 11.3 Å². The molecule has 0 atom stereocenters. The molecule has 0 unspecified atom stereocenters. The third-order valence-corrected chi connectivity index (χ3v) is 6.00. The minimum absolute atomic E-state index is 0.0294. The first kappa shape index (κ1) is 17.4. The van der Waals surface area contributed by atoms with Gasteiger partial charge >= 0.3 is 0 Å². The molecule has 3 aromatic rings. The fraction of sp³-hybridized carbons (Fsp3) is 0.0588. The molecule has 0 radical (unpaired) electrons. The molecule has 0 saturated carbocycles. The molecule has 4 rings (SSSR count). The van der Waals surface area contributed by atoms with E-state index in [2.05, 4.69) is 15.0 Å². The van der Waals surface area contributed by atoms with Gasteiger partial charge in [0.25, 0.3) is 15.9 Å². The molecule has 0 aliphatic carbocycles. The molecule has 0 bridgehead atoms. The topological polar surface area (TPSA) is 97.4 Å². The number of anilines is 2. The second-order valence-electron chi connectivity index (χ2n) is 5.65. The molecule has 1 amide bonds. The molecule has 10 heteroatoms. The van der Waals surface area contributed by atoms with Crippen LogP contribution in [0.3, 0.4) is 0 Å². The summed E-state index contributed by atoms with van der Waals surface area (Å²) < 4.78 is 45.4. The number of hydrogen-bond donors (Lipinski definition) is 2. The second-order valence-corrected chi connectivity index (χ2v) is 8.19. The zero-order chi connectivity index (χ0) is 19.0. The average Bonchev–Trinajstić information content (AvgIpc) is 3.09. The van der Waals surface area contributed by atoms with Crippen LogP contribution in [0.15, 0.2) is 52.7 Å². The number of hydrogen-bond acceptors (Lipinski definition) is 6. The van der Waals surface area contributed by atoms with Gasteiger partial charge in [0.15, 0.2) is 11.7 Å². The van der Waals surface area contributed by atoms with Crippen molar-refractivity contribution in [1.29, 1.82) is 0 Å². The van der Waals surface area contributed by atoms with E-state index >= 15 is 0 Å². The summed E-state index contributed by atoms with van der Waals surface area (Å²) in [5.74, 6) is -0.203. The minimum atomic E-state index is -3.87. The number of rotatable bonds is 4. The normalized spacial score (nSPS) is 13.4. The second kappa shape index (κ2) is 6.63. The average molecular weight is 405 g/mol. The van der Waals surface area contributed by atoms with E-state index in [1.54, 1.807) is 23.6 Å². The van der Waals surface area contributed by atoms with E-state index in [9.17, 15) is 17.6 Å². The van der Waals surface area contributed by atoms with Gasteiger partial charge in [-0.2, -0.15) is 0 Å². The summed E-state index contributed by atoms with van der Waals surface area (Å²) in [4.78, 5) is 15.7. The summed E-state index contributed by atoms with van der Waals surface area (Å²) in [7, 11) is -3.87. The Morgan fingerprint density at radius 3 is 2.74 bits per heavy atom. The van der Waals surface area contributed by atoms with Gasteiger partial charge in [0.2, 0.25) is 0 Å². The Morgan fingerprint density at radius 1 is 1.19 bits per heavy atom. The van der Waals surface area contributed by atoms with Crippen molar-refractivity contribution in [3.8, 4) is 17.0 Å². The van der Waals surface area contributed by atoms with Crippen molar-refractivity contribution in [1.82, 2.24) is 4.98 Å². The van der Waals surface area contributed by atoms with Crippen LogP contribution in [0.4, 0.5) is 15.2 Å². The number of thiazole rings is 1. The number of carbonyl (C=O) groups is 1. The third-order valence-electron chi connectivity index (χ3n) is 3.76. The van der Waals surface area contributed by atoms with Gasteiger partial charge in [0, 0.05) is 10.9 Å². The van der Waals surface area contributed by atoms with E-state index in [-0.39, 0.29) is 22.5 Å². The van der Waals surface area contributed by atoms with Crippen LogP contribution in [0.5, 0.6) is 5.75 Å². The molecule has 2 aromatic carbocycles. The highest BCUT2D eigenvalue weighted by Crippen LogP contribution is 2.34. The van der Waals surface area contributed by atoms with Gasteiger partial charge in [0.05, 0.1) is 16.3 Å². The van der Waals surface area contributed by atoms with Gasteiger partial charge in [-0.3, -0.25) is 9.52 Å². The van der Waals surface area contributed by atoms with Crippen molar-refractivity contribution in [2.45, 2.75) is 4.90 Å². The van der Waals surface area contributed by atoms with E-state index in [0.717, 1.165) is 23.5 Å². The zero-order valence-electron chi connectivity index (χ0n) is 13.6. The molecule has 1 aliphatic rings. The molecular formula is C17H12FN3O4S2. The standard InChI is InChI=1S/C17H12FN3O4S2/c18-11-2-4-12(5-3-11)27(23,24)21-17-20-14(9-26-17)10-1-6-15-13(7-10)19-16(22)8-25-15/h1-7,9H,8H2,(H,19,22)(H,20,21). The van der Waals surface area contributed by atoms with E-state index in [1.165, 1.54) is 12.1 Å². The first-order valence-corrected chi connectivity index (χ1v) is 10.1. The molecule has 7 nitrogen and oxygen atoms in total. The maximum Gasteiger partial charge on any atom is 0.263 e. The number of nitrogens with one attached hydrogen (secondary N) is 2. The SMILES string of the molecule is O=C1COc2ccc(-c3csc(NS(=O)(=O)c4ccc(F)cc4)n3)cc2N1. The maximum absolute atomic E-state index is 13.0. The molecule has 1 aromatic heterocycles. The Bertz CT molecular complexity index is 1130. The van der Waals surface area contributed by atoms with Gasteiger partial charge in [0.1, 0.15) is 11.6 Å². The van der Waals surface area contributed by atoms with Crippen LogP contribution in [-0.2, 0) is 14.8 Å². The number of fused-ring (bicyclic) bond motifs is 1. The fourth-order valence-corrected chi connectivity index (χ4v) is 4.46. The van der Waals surface area contributed by atoms with Crippen molar-refractivity contribution < 1.29 is 22.3 Å². The number of aromatic nitrogens is 1. The number of benzene rings is 2. The Kier molecular flexibility index (Phi) is 4.28. The smallest absolute Gasteiger partial charge is 0.263 e. The van der Waals surface area contributed by atoms with Crippen LogP contribution in [0.25, 0.3) is 11.3 Å². The van der Waals surface area contributed by atoms with Crippen LogP contribution in [-0.4, -0.2) is 25.9 Å². The van der Waals surface area contributed by atoms with E-state index in [1.807, 2.05) is 0 Å². The number of halogens is 1. The zero-order valence-corrected chi connectivity index (χ0v) is 15.2. The lowest BCUT2D eigenvalue weighted by Gasteiger charge is -2.18.